The van der Waals surface area contributed by atoms with Gasteiger partial charge in [0.1, 0.15) is 35.1 Å². The first kappa shape index (κ1) is 25.8. The largest absolute Gasteiger partial charge is 0.477 e. The zero-order chi connectivity index (χ0) is 26.9. The van der Waals surface area contributed by atoms with E-state index >= 15 is 0 Å². The van der Waals surface area contributed by atoms with Gasteiger partial charge in [-0.3, -0.25) is 4.90 Å². The third kappa shape index (κ3) is 5.63. The molecule has 2 N–H and O–H groups in total. The maximum atomic E-state index is 14.1. The fourth-order valence-electron chi connectivity index (χ4n) is 5.23. The van der Waals surface area contributed by atoms with E-state index in [4.69, 9.17) is 31.0 Å². The van der Waals surface area contributed by atoms with Crippen LogP contribution in [-0.2, 0) is 24.4 Å². The normalized spacial score (nSPS) is 18.4. The summed E-state index contributed by atoms with van der Waals surface area (Å²) in [5, 5.41) is 9.72. The summed E-state index contributed by atoms with van der Waals surface area (Å²) in [4.78, 5) is 26.3. The molecule has 6 rings (SSSR count). The fraction of sp³-hybridized carbons (Fsp3) is 0.393. The molecule has 2 fully saturated rings. The molecule has 204 valence electrons. The lowest BCUT2D eigenvalue weighted by molar-refractivity contribution is -0.0592. The number of aromatic nitrogens is 4. The fourth-order valence-corrected chi connectivity index (χ4v) is 5.39. The van der Waals surface area contributed by atoms with Crippen molar-refractivity contribution in [3.05, 3.63) is 76.1 Å². The minimum atomic E-state index is -0.997. The summed E-state index contributed by atoms with van der Waals surface area (Å²) in [5.74, 6) is 0.285. The predicted octanol–water partition coefficient (Wildman–Crippen LogP) is 5.00. The second-order valence-electron chi connectivity index (χ2n) is 10.1. The molecule has 1 atom stereocenters. The highest BCUT2D eigenvalue weighted by Gasteiger charge is 2.27. The number of benzene rings is 1. The van der Waals surface area contributed by atoms with E-state index in [0.717, 1.165) is 56.1 Å². The summed E-state index contributed by atoms with van der Waals surface area (Å²) in [6.07, 6.45) is 2.99. The van der Waals surface area contributed by atoms with E-state index in [-0.39, 0.29) is 18.4 Å². The lowest BCUT2D eigenvalue weighted by Crippen LogP contribution is -2.35. The Kier molecular flexibility index (Phi) is 7.24. The first-order chi connectivity index (χ1) is 18.9. The Morgan fingerprint density at radius 3 is 2.72 bits per heavy atom. The van der Waals surface area contributed by atoms with Gasteiger partial charge in [-0.15, -0.1) is 0 Å². The molecule has 39 heavy (non-hydrogen) atoms. The number of fused-ring (bicyclic) bond motifs is 1. The lowest BCUT2D eigenvalue weighted by Gasteiger charge is -2.32. The molecule has 0 bridgehead atoms. The quantitative estimate of drug-likeness (QED) is 0.300. The molecular formula is C28H29ClFN5O4. The third-order valence-corrected chi connectivity index (χ3v) is 7.76. The molecule has 1 aromatic carbocycles. The number of piperidine rings is 1. The smallest absolute Gasteiger partial charge is 0.352 e. The highest BCUT2D eigenvalue weighted by Crippen LogP contribution is 2.30. The molecule has 3 aromatic heterocycles. The minimum Gasteiger partial charge on any atom is -0.477 e. The average Bonchev–Trinajstić information content (AvgIpc) is 3.45. The number of aromatic amines is 1. The Labute approximate surface area is 229 Å². The van der Waals surface area contributed by atoms with Gasteiger partial charge in [0.25, 0.3) is 0 Å². The number of nitrogens with zero attached hydrogens (tertiary/aromatic N) is 4. The highest BCUT2D eigenvalue weighted by molar-refractivity contribution is 6.30. The zero-order valence-corrected chi connectivity index (χ0v) is 22.0. The number of carbonyl (C=O) groups is 1. The molecule has 0 aliphatic carbocycles. The van der Waals surface area contributed by atoms with E-state index in [2.05, 4.69) is 14.5 Å². The van der Waals surface area contributed by atoms with Crippen molar-refractivity contribution in [3.8, 4) is 5.88 Å². The average molecular weight is 554 g/mol. The van der Waals surface area contributed by atoms with Gasteiger partial charge in [0, 0.05) is 34.9 Å². The zero-order valence-electron chi connectivity index (χ0n) is 21.3. The van der Waals surface area contributed by atoms with Crippen molar-refractivity contribution >= 4 is 28.7 Å². The SMILES string of the molecule is O=C(O)c1cc2nc(CN3CCC(c4cccc(OCc5ccc(Cl)cc5F)n4)CC3)n(C[C@@H]3CCO3)c2[nH]1. The van der Waals surface area contributed by atoms with Crippen molar-refractivity contribution in [2.24, 2.45) is 0 Å². The highest BCUT2D eigenvalue weighted by atomic mass is 35.5. The number of H-pyrrole nitrogens is 1. The van der Waals surface area contributed by atoms with E-state index in [0.29, 0.717) is 41.0 Å². The van der Waals surface area contributed by atoms with Crippen LogP contribution < -0.4 is 4.74 Å². The van der Waals surface area contributed by atoms with Gasteiger partial charge in [0.15, 0.2) is 0 Å². The second-order valence-corrected chi connectivity index (χ2v) is 10.6. The van der Waals surface area contributed by atoms with Gasteiger partial charge in [-0.1, -0.05) is 23.7 Å². The van der Waals surface area contributed by atoms with Crippen LogP contribution in [0, 0.1) is 5.82 Å². The van der Waals surface area contributed by atoms with Crippen LogP contribution in [0.25, 0.3) is 11.2 Å². The molecule has 0 amide bonds. The first-order valence-electron chi connectivity index (χ1n) is 13.1. The first-order valence-corrected chi connectivity index (χ1v) is 13.5. The van der Waals surface area contributed by atoms with Crippen LogP contribution in [0.2, 0.25) is 5.02 Å². The number of halogens is 2. The number of carboxylic acids is 1. The van der Waals surface area contributed by atoms with Gasteiger partial charge in [0.2, 0.25) is 5.88 Å². The van der Waals surface area contributed by atoms with Crippen LogP contribution >= 0.6 is 11.6 Å². The molecule has 11 heteroatoms. The Morgan fingerprint density at radius 1 is 1.18 bits per heavy atom. The van der Waals surface area contributed by atoms with Crippen LogP contribution in [0.4, 0.5) is 4.39 Å². The monoisotopic (exact) mass is 553 g/mol. The predicted molar refractivity (Wildman–Crippen MR) is 143 cm³/mol. The number of rotatable bonds is 9. The van der Waals surface area contributed by atoms with Crippen molar-refractivity contribution in [2.45, 2.75) is 51.0 Å². The number of hydrogen-bond donors (Lipinski definition) is 2. The van der Waals surface area contributed by atoms with Crippen molar-refractivity contribution in [3.63, 3.8) is 0 Å². The van der Waals surface area contributed by atoms with Gasteiger partial charge < -0.3 is 24.1 Å². The summed E-state index contributed by atoms with van der Waals surface area (Å²) in [5.41, 5.74) is 2.93. The standard InChI is InChI=1S/C28H29ClFN5O4/c29-19-5-4-18(21(30)12-19)16-39-26-3-1-2-22(32-26)17-6-9-34(10-7-17)15-25-31-23-13-24(28(36)37)33-27(23)35(25)14-20-8-11-38-20/h1-5,12-13,17,20,33H,6-11,14-16H2,(H,36,37)/t20-/m0/s1. The van der Waals surface area contributed by atoms with Crippen LogP contribution in [0.5, 0.6) is 5.88 Å². The van der Waals surface area contributed by atoms with Crippen molar-refractivity contribution < 1.29 is 23.8 Å². The van der Waals surface area contributed by atoms with Gasteiger partial charge in [-0.25, -0.2) is 19.2 Å². The Morgan fingerprint density at radius 2 is 2.00 bits per heavy atom. The summed E-state index contributed by atoms with van der Waals surface area (Å²) >= 11 is 5.83. The van der Waals surface area contributed by atoms with Crippen molar-refractivity contribution in [1.82, 2.24) is 24.4 Å². The van der Waals surface area contributed by atoms with Crippen LogP contribution in [0.15, 0.2) is 42.5 Å². The summed E-state index contributed by atoms with van der Waals surface area (Å²) in [7, 11) is 0. The molecule has 0 spiro atoms. The van der Waals surface area contributed by atoms with Gasteiger partial charge in [-0.05, 0) is 56.6 Å². The summed E-state index contributed by atoms with van der Waals surface area (Å²) in [6, 6.07) is 11.9. The summed E-state index contributed by atoms with van der Waals surface area (Å²) in [6.45, 7) is 3.93. The van der Waals surface area contributed by atoms with E-state index in [1.54, 1.807) is 24.3 Å². The number of hydrogen-bond acceptors (Lipinski definition) is 6. The Hall–Kier alpha value is -3.47. The second kappa shape index (κ2) is 11.0. The molecular weight excluding hydrogens is 525 g/mol. The lowest BCUT2D eigenvalue weighted by atomic mass is 9.93. The number of likely N-dealkylation sites (tertiary alicyclic amines) is 1. The van der Waals surface area contributed by atoms with Gasteiger partial charge >= 0.3 is 5.97 Å². The third-order valence-electron chi connectivity index (χ3n) is 7.52. The number of pyridine rings is 1. The minimum absolute atomic E-state index is 0.0818. The number of imidazole rings is 1. The molecule has 4 aromatic rings. The van der Waals surface area contributed by atoms with Crippen LogP contribution in [-0.4, -0.2) is 61.3 Å². The van der Waals surface area contributed by atoms with Crippen LogP contribution in [0.3, 0.4) is 0 Å². The molecule has 9 nitrogen and oxygen atoms in total. The Balaban J connectivity index is 1.09. The number of nitrogens with one attached hydrogen (secondary N) is 1. The molecule has 0 radical (unpaired) electrons. The molecule has 2 saturated heterocycles. The maximum Gasteiger partial charge on any atom is 0.352 e. The van der Waals surface area contributed by atoms with E-state index in [9.17, 15) is 14.3 Å². The Bertz CT molecular complexity index is 1490. The number of ether oxygens (including phenoxy) is 2. The molecule has 2 aliphatic heterocycles. The van der Waals surface area contributed by atoms with Gasteiger partial charge in [0.05, 0.1) is 19.2 Å². The molecule has 2 aliphatic rings. The molecule has 0 unspecified atom stereocenters. The summed E-state index contributed by atoms with van der Waals surface area (Å²) < 4.78 is 27.6. The topological polar surface area (TPSA) is 106 Å². The van der Waals surface area contributed by atoms with E-state index in [1.807, 2.05) is 12.1 Å². The molecule has 0 saturated carbocycles. The number of aromatic carboxylic acids is 1. The van der Waals surface area contributed by atoms with Crippen molar-refractivity contribution in [1.29, 1.82) is 0 Å². The van der Waals surface area contributed by atoms with Crippen molar-refractivity contribution in [2.75, 3.05) is 19.7 Å². The van der Waals surface area contributed by atoms with E-state index < -0.39 is 11.8 Å². The number of carboxylic acid groups (broad SMARTS) is 1. The molecule has 5 heterocycles. The maximum absolute atomic E-state index is 14.1. The van der Waals surface area contributed by atoms with Gasteiger partial charge in [-0.2, -0.15) is 0 Å². The van der Waals surface area contributed by atoms with E-state index in [1.165, 1.54) is 6.07 Å². The van der Waals surface area contributed by atoms with Crippen LogP contribution in [0.1, 0.15) is 52.8 Å².